The molecule has 0 spiro atoms. The Morgan fingerprint density at radius 1 is 0.879 bits per heavy atom. The van der Waals surface area contributed by atoms with Crippen molar-refractivity contribution in [3.05, 3.63) is 94.2 Å². The Balaban J connectivity index is 1.36. The molecule has 0 aromatic rings. The Morgan fingerprint density at radius 2 is 1.53 bits per heavy atom. The van der Waals surface area contributed by atoms with E-state index in [1.807, 2.05) is 29.2 Å². The van der Waals surface area contributed by atoms with Crippen LogP contribution in [0.4, 0.5) is 0 Å². The van der Waals surface area contributed by atoms with Gasteiger partial charge >= 0.3 is 11.9 Å². The molecule has 0 bridgehead atoms. The van der Waals surface area contributed by atoms with E-state index in [4.69, 9.17) is 45.9 Å². The van der Waals surface area contributed by atoms with Gasteiger partial charge in [-0.3, -0.25) is 14.9 Å². The van der Waals surface area contributed by atoms with E-state index in [9.17, 15) is 19.7 Å². The lowest BCUT2D eigenvalue weighted by Crippen LogP contribution is -2.33. The summed E-state index contributed by atoms with van der Waals surface area (Å²) in [5.74, 6) is 0.646. The second kappa shape index (κ2) is 23.2. The first-order chi connectivity index (χ1) is 28.1. The number of allylic oxidation sites excluding steroid dienone is 2. The van der Waals surface area contributed by atoms with Gasteiger partial charge < -0.3 is 23.8 Å². The van der Waals surface area contributed by atoms with Gasteiger partial charge in [-0.05, 0) is 61.8 Å². The zero-order chi connectivity index (χ0) is 41.3. The second-order valence-electron chi connectivity index (χ2n) is 15.5. The third-order valence-corrected chi connectivity index (χ3v) is 11.5. The number of esters is 2. The number of ether oxygens (including phenoxy) is 4. The molecule has 0 amide bonds. The Hall–Kier alpha value is -4.43. The number of nitro groups is 1. The van der Waals surface area contributed by atoms with Crippen molar-refractivity contribution in [2.45, 2.75) is 114 Å². The molecule has 0 heterocycles. The van der Waals surface area contributed by atoms with E-state index in [2.05, 4.69) is 24.7 Å². The topological polar surface area (TPSA) is 167 Å². The molecular weight excluding hydrogens is 764 g/mol. The van der Waals surface area contributed by atoms with Gasteiger partial charge in [0.2, 0.25) is 0 Å². The van der Waals surface area contributed by atoms with Crippen LogP contribution in [0.1, 0.15) is 84.5 Å². The number of alkyl halides is 1. The van der Waals surface area contributed by atoms with Gasteiger partial charge in [0.1, 0.15) is 42.9 Å². The number of carbonyl (C=O) groups excluding carboxylic acids is 2. The summed E-state index contributed by atoms with van der Waals surface area (Å²) in [5.41, 5.74) is 1.40. The van der Waals surface area contributed by atoms with Crippen molar-refractivity contribution in [1.29, 1.82) is 0 Å². The molecule has 14 nitrogen and oxygen atoms in total. The summed E-state index contributed by atoms with van der Waals surface area (Å²) < 4.78 is 23.7. The van der Waals surface area contributed by atoms with Gasteiger partial charge in [-0.15, -0.1) is 11.6 Å². The molecule has 0 aromatic carbocycles. The highest BCUT2D eigenvalue weighted by Gasteiger charge is 2.31. The molecule has 6 atom stereocenters. The number of hydrogen-bond acceptors (Lipinski definition) is 13. The van der Waals surface area contributed by atoms with E-state index in [0.717, 1.165) is 37.5 Å². The first-order valence-corrected chi connectivity index (χ1v) is 21.3. The highest BCUT2D eigenvalue weighted by Crippen LogP contribution is 2.32. The molecule has 0 radical (unpaired) electrons. The molecule has 2 saturated carbocycles. The van der Waals surface area contributed by atoms with Crippen molar-refractivity contribution in [1.82, 2.24) is 4.90 Å². The predicted molar refractivity (Wildman–Crippen MR) is 220 cm³/mol. The van der Waals surface area contributed by atoms with Crippen LogP contribution >= 0.6 is 11.6 Å². The quantitative estimate of drug-likeness (QED) is 0.0291. The third kappa shape index (κ3) is 13.9. The molecule has 5 aliphatic carbocycles. The average Bonchev–Trinajstić information content (AvgIpc) is 3.24. The van der Waals surface area contributed by atoms with E-state index in [1.165, 1.54) is 50.7 Å². The Bertz CT molecular complexity index is 1680. The first-order valence-electron chi connectivity index (χ1n) is 20.9. The number of azo groups is 2. The van der Waals surface area contributed by atoms with Gasteiger partial charge in [-0.25, -0.2) is 4.79 Å². The van der Waals surface area contributed by atoms with Crippen LogP contribution in [0, 0.1) is 27.9 Å². The number of carbonyl (C=O) groups is 2. The maximum atomic E-state index is 11.8. The Morgan fingerprint density at radius 3 is 2.17 bits per heavy atom. The van der Waals surface area contributed by atoms with Crippen LogP contribution < -0.4 is 0 Å². The van der Waals surface area contributed by atoms with Crippen molar-refractivity contribution >= 4 is 23.5 Å². The van der Waals surface area contributed by atoms with E-state index >= 15 is 0 Å². The van der Waals surface area contributed by atoms with Crippen molar-refractivity contribution < 1.29 is 33.5 Å². The lowest BCUT2D eigenvalue weighted by molar-refractivity contribution is -0.419. The van der Waals surface area contributed by atoms with Crippen molar-refractivity contribution in [2.24, 2.45) is 38.2 Å². The van der Waals surface area contributed by atoms with Crippen molar-refractivity contribution in [3.8, 4) is 0 Å². The Kier molecular flexibility index (Phi) is 17.9. The number of hydrogen-bond donors (Lipinski definition) is 0. The van der Waals surface area contributed by atoms with Gasteiger partial charge in [-0.2, -0.15) is 20.5 Å². The second-order valence-corrected chi connectivity index (χ2v) is 16.0. The summed E-state index contributed by atoms with van der Waals surface area (Å²) in [6.07, 6.45) is 26.9. The molecule has 0 saturated heterocycles. The molecule has 6 unspecified atom stereocenters. The first kappa shape index (κ1) is 44.7. The Labute approximate surface area is 347 Å². The lowest BCUT2D eigenvalue weighted by atomic mass is 9.90. The summed E-state index contributed by atoms with van der Waals surface area (Å²) >= 11 is 6.51. The third-order valence-electron chi connectivity index (χ3n) is 11.1. The molecule has 5 rings (SSSR count). The maximum absolute atomic E-state index is 11.8. The zero-order valence-corrected chi connectivity index (χ0v) is 34.6. The molecule has 0 N–H and O–H groups in total. The maximum Gasteiger partial charge on any atom is 0.330 e. The zero-order valence-electron chi connectivity index (χ0n) is 33.9. The molecule has 316 valence electrons. The monoisotopic (exact) mass is 822 g/mol. The molecular formula is C43H59ClN6O8. The van der Waals surface area contributed by atoms with Crippen LogP contribution in [0.5, 0.6) is 0 Å². The van der Waals surface area contributed by atoms with Crippen LogP contribution in [0.3, 0.4) is 0 Å². The summed E-state index contributed by atoms with van der Waals surface area (Å²) in [4.78, 5) is 36.4. The normalized spacial score (nSPS) is 26.7. The minimum Gasteiger partial charge on any atom is -0.491 e. The average molecular weight is 823 g/mol. The minimum absolute atomic E-state index is 0.0447. The van der Waals surface area contributed by atoms with Gasteiger partial charge in [0.25, 0.3) is 5.70 Å². The minimum atomic E-state index is -0.717. The van der Waals surface area contributed by atoms with E-state index in [1.54, 1.807) is 13.0 Å². The number of halogens is 1. The smallest absolute Gasteiger partial charge is 0.330 e. The fraction of sp³-hybridized carbons (Fsp3) is 0.628. The van der Waals surface area contributed by atoms with Gasteiger partial charge in [0.15, 0.2) is 0 Å². The van der Waals surface area contributed by atoms with E-state index < -0.39 is 34.5 Å². The van der Waals surface area contributed by atoms with E-state index in [0.29, 0.717) is 56.0 Å². The summed E-state index contributed by atoms with van der Waals surface area (Å²) in [7, 11) is 0. The molecule has 0 aromatic heterocycles. The predicted octanol–water partition coefficient (Wildman–Crippen LogP) is 8.75. The molecule has 58 heavy (non-hydrogen) atoms. The fourth-order valence-electron chi connectivity index (χ4n) is 7.62. The lowest BCUT2D eigenvalue weighted by Gasteiger charge is -2.30. The summed E-state index contributed by atoms with van der Waals surface area (Å²) in [6.45, 7) is 9.57. The standard InChI is InChI=1S/C43H59ClN6O8/c1-4-42(51)55-22-20-49(21-23-56-43(52)5-2)33-16-18-36(30(3)24-33)45-47-38-26-41(58-29-32-14-10-7-11-15-32)39(27-40(38)57-28-31-12-8-6-9-13-31)48-46-37-19-17-34(50(53)54)25-35(37)44/h4,16-19,24-27,30-32,35-37,39,41H,1,5-15,20-23,28-29H2,2-3H3. The van der Waals surface area contributed by atoms with Crippen molar-refractivity contribution in [2.75, 3.05) is 39.5 Å². The van der Waals surface area contributed by atoms with Crippen LogP contribution in [-0.4, -0.2) is 90.9 Å². The van der Waals surface area contributed by atoms with Crippen LogP contribution in [0.15, 0.2) is 105 Å². The molecule has 0 aliphatic heterocycles. The highest BCUT2D eigenvalue weighted by molar-refractivity contribution is 6.22. The number of rotatable bonds is 20. The SMILES string of the molecule is C=CC(=O)OCCN(CCOC(=O)CC)C1=CC(C)C(N=NC2=CC(OCC3CCCCC3)C(N=NC3C=CC([N+](=O)[O-])=CC3Cl)C=C2OCC2CCCCC2)C=C1. The largest absolute Gasteiger partial charge is 0.491 e. The molecule has 2 fully saturated rings. The van der Waals surface area contributed by atoms with Gasteiger partial charge in [-0.1, -0.05) is 71.1 Å². The van der Waals surface area contributed by atoms with Crippen LogP contribution in [0.2, 0.25) is 0 Å². The van der Waals surface area contributed by atoms with Crippen LogP contribution in [0.25, 0.3) is 0 Å². The summed E-state index contributed by atoms with van der Waals surface area (Å²) in [6, 6.07) is -1.39. The molecule has 15 heteroatoms. The van der Waals surface area contributed by atoms with E-state index in [-0.39, 0.29) is 36.8 Å². The molecule has 5 aliphatic rings. The van der Waals surface area contributed by atoms with Crippen LogP contribution in [-0.2, 0) is 28.5 Å². The van der Waals surface area contributed by atoms with Crippen molar-refractivity contribution in [3.63, 3.8) is 0 Å². The fourth-order valence-corrected chi connectivity index (χ4v) is 7.88. The highest BCUT2D eigenvalue weighted by atomic mass is 35.5. The number of nitrogens with zero attached hydrogens (tertiary/aromatic N) is 6. The van der Waals surface area contributed by atoms with Gasteiger partial charge in [0, 0.05) is 36.3 Å². The summed E-state index contributed by atoms with van der Waals surface area (Å²) in [5, 5.41) is 29.5. The van der Waals surface area contributed by atoms with Gasteiger partial charge in [0.05, 0.1) is 42.6 Å².